The second-order valence-electron chi connectivity index (χ2n) is 5.09. The molecule has 1 aromatic carbocycles. The van der Waals surface area contributed by atoms with E-state index in [-0.39, 0.29) is 29.9 Å². The predicted octanol–water partition coefficient (Wildman–Crippen LogP) is 3.92. The third-order valence-electron chi connectivity index (χ3n) is 3.45. The highest BCUT2D eigenvalue weighted by molar-refractivity contribution is 5.77. The molecule has 0 bridgehead atoms. The first-order valence-corrected chi connectivity index (χ1v) is 6.67. The van der Waals surface area contributed by atoms with Crippen molar-refractivity contribution in [1.29, 1.82) is 0 Å². The summed E-state index contributed by atoms with van der Waals surface area (Å²) in [6, 6.07) is 4.30. The number of nitrogens with zero attached hydrogens (tertiary/aromatic N) is 1. The number of nitrogens with one attached hydrogen (secondary N) is 2. The Hall–Kier alpha value is -1.99. The Balaban J connectivity index is 2.33. The van der Waals surface area contributed by atoms with Crippen LogP contribution in [0.3, 0.4) is 0 Å². The Bertz CT molecular complexity index is 542. The maximum Gasteiger partial charge on any atom is 0.411 e. The number of hydrogen-bond acceptors (Lipinski definition) is 4. The number of hydrogen-bond donors (Lipinski definition) is 2. The van der Waals surface area contributed by atoms with Crippen molar-refractivity contribution >= 4 is 17.1 Å². The maximum atomic E-state index is 13.0. The van der Waals surface area contributed by atoms with E-state index in [1.54, 1.807) is 0 Å². The highest BCUT2D eigenvalue weighted by Gasteiger charge is 2.64. The van der Waals surface area contributed by atoms with Crippen molar-refractivity contribution in [2.75, 3.05) is 17.2 Å². The van der Waals surface area contributed by atoms with E-state index in [1.807, 2.05) is 6.92 Å². The van der Waals surface area contributed by atoms with Gasteiger partial charge in [-0.05, 0) is 31.4 Å². The maximum absolute atomic E-state index is 13.0. The van der Waals surface area contributed by atoms with Crippen molar-refractivity contribution < 1.29 is 18.1 Å². The van der Waals surface area contributed by atoms with E-state index >= 15 is 0 Å². The standard InChI is InChI=1S/C13H16F3N3O2/c1-2-8-17-9-4-3-5-10(11(9)19(20)21)18-12(6-7-12)13(14,15)16/h3-5,17-18H,2,6-8H2,1H3. The summed E-state index contributed by atoms with van der Waals surface area (Å²) >= 11 is 0. The molecular weight excluding hydrogens is 287 g/mol. The molecule has 1 aliphatic rings. The fourth-order valence-corrected chi connectivity index (χ4v) is 2.11. The van der Waals surface area contributed by atoms with Crippen molar-refractivity contribution in [1.82, 2.24) is 0 Å². The normalized spacial score (nSPS) is 16.4. The second kappa shape index (κ2) is 5.42. The quantitative estimate of drug-likeness (QED) is 0.617. The summed E-state index contributed by atoms with van der Waals surface area (Å²) in [5.74, 6) is 0. The number of anilines is 2. The van der Waals surface area contributed by atoms with Gasteiger partial charge in [0.2, 0.25) is 0 Å². The van der Waals surface area contributed by atoms with E-state index in [1.165, 1.54) is 18.2 Å². The molecule has 0 spiro atoms. The highest BCUT2D eigenvalue weighted by atomic mass is 19.4. The number of nitro benzene ring substituents is 1. The molecule has 2 N–H and O–H groups in total. The first-order valence-electron chi connectivity index (χ1n) is 6.67. The molecule has 2 rings (SSSR count). The first-order chi connectivity index (χ1) is 9.81. The van der Waals surface area contributed by atoms with Crippen LogP contribution < -0.4 is 10.6 Å². The van der Waals surface area contributed by atoms with E-state index in [0.29, 0.717) is 6.54 Å². The molecule has 116 valence electrons. The van der Waals surface area contributed by atoms with Gasteiger partial charge < -0.3 is 10.6 Å². The van der Waals surface area contributed by atoms with E-state index in [0.717, 1.165) is 6.42 Å². The number of para-hydroxylation sites is 1. The second-order valence-corrected chi connectivity index (χ2v) is 5.09. The van der Waals surface area contributed by atoms with Crippen LogP contribution in [0, 0.1) is 10.1 Å². The molecule has 1 aliphatic carbocycles. The highest BCUT2D eigenvalue weighted by Crippen LogP contribution is 2.52. The molecule has 0 amide bonds. The summed E-state index contributed by atoms with van der Waals surface area (Å²) in [5.41, 5.74) is -2.25. The molecule has 0 heterocycles. The van der Waals surface area contributed by atoms with Crippen LogP contribution in [0.2, 0.25) is 0 Å². The smallest absolute Gasteiger partial charge is 0.379 e. The summed E-state index contributed by atoms with van der Waals surface area (Å²) in [5, 5.41) is 16.4. The van der Waals surface area contributed by atoms with Crippen molar-refractivity contribution in [2.24, 2.45) is 0 Å². The third-order valence-corrected chi connectivity index (χ3v) is 3.45. The molecule has 0 saturated heterocycles. The van der Waals surface area contributed by atoms with Gasteiger partial charge in [0.1, 0.15) is 16.9 Å². The van der Waals surface area contributed by atoms with Gasteiger partial charge in [-0.15, -0.1) is 0 Å². The molecule has 0 aromatic heterocycles. The topological polar surface area (TPSA) is 67.2 Å². The average Bonchev–Trinajstić information content (AvgIpc) is 3.16. The first kappa shape index (κ1) is 15.4. The summed E-state index contributed by atoms with van der Waals surface area (Å²) in [4.78, 5) is 10.5. The summed E-state index contributed by atoms with van der Waals surface area (Å²) in [6.45, 7) is 2.40. The molecule has 1 fully saturated rings. The Morgan fingerprint density at radius 1 is 1.33 bits per heavy atom. The van der Waals surface area contributed by atoms with Crippen LogP contribution >= 0.6 is 0 Å². The molecule has 1 saturated carbocycles. The molecule has 0 aliphatic heterocycles. The number of rotatable bonds is 6. The number of alkyl halides is 3. The lowest BCUT2D eigenvalue weighted by Crippen LogP contribution is -2.38. The lowest BCUT2D eigenvalue weighted by molar-refractivity contribution is -0.383. The fraction of sp³-hybridized carbons (Fsp3) is 0.538. The van der Waals surface area contributed by atoms with Crippen molar-refractivity contribution in [2.45, 2.75) is 37.9 Å². The Morgan fingerprint density at radius 3 is 2.43 bits per heavy atom. The van der Waals surface area contributed by atoms with Crippen LogP contribution in [0.1, 0.15) is 26.2 Å². The molecule has 8 heteroatoms. The van der Waals surface area contributed by atoms with E-state index in [9.17, 15) is 23.3 Å². The van der Waals surface area contributed by atoms with Crippen LogP contribution in [0.25, 0.3) is 0 Å². The van der Waals surface area contributed by atoms with Gasteiger partial charge in [0, 0.05) is 6.54 Å². The molecule has 5 nitrogen and oxygen atoms in total. The summed E-state index contributed by atoms with van der Waals surface area (Å²) < 4.78 is 38.9. The number of halogens is 3. The zero-order chi connectivity index (χ0) is 15.7. The zero-order valence-corrected chi connectivity index (χ0v) is 11.5. The number of nitro groups is 1. The van der Waals surface area contributed by atoms with Crippen LogP contribution in [-0.4, -0.2) is 23.2 Å². The Kier molecular flexibility index (Phi) is 3.97. The molecule has 0 atom stereocenters. The van der Waals surface area contributed by atoms with Crippen LogP contribution in [0.4, 0.5) is 30.2 Å². The van der Waals surface area contributed by atoms with Gasteiger partial charge in [0.05, 0.1) is 4.92 Å². The van der Waals surface area contributed by atoms with Gasteiger partial charge in [-0.25, -0.2) is 0 Å². The fourth-order valence-electron chi connectivity index (χ4n) is 2.11. The summed E-state index contributed by atoms with van der Waals surface area (Å²) in [7, 11) is 0. The van der Waals surface area contributed by atoms with Crippen molar-refractivity contribution in [3.63, 3.8) is 0 Å². The van der Waals surface area contributed by atoms with Gasteiger partial charge in [0.15, 0.2) is 0 Å². The van der Waals surface area contributed by atoms with E-state index < -0.39 is 16.6 Å². The van der Waals surface area contributed by atoms with Gasteiger partial charge >= 0.3 is 11.9 Å². The lowest BCUT2D eigenvalue weighted by Gasteiger charge is -2.22. The van der Waals surface area contributed by atoms with Gasteiger partial charge in [-0.1, -0.05) is 13.0 Å². The van der Waals surface area contributed by atoms with Crippen LogP contribution in [0.5, 0.6) is 0 Å². The minimum atomic E-state index is -4.42. The average molecular weight is 303 g/mol. The molecule has 1 aromatic rings. The summed E-state index contributed by atoms with van der Waals surface area (Å²) in [6.07, 6.45) is -3.81. The lowest BCUT2D eigenvalue weighted by atomic mass is 10.1. The van der Waals surface area contributed by atoms with Gasteiger partial charge in [-0.2, -0.15) is 13.2 Å². The molecule has 21 heavy (non-hydrogen) atoms. The monoisotopic (exact) mass is 303 g/mol. The van der Waals surface area contributed by atoms with Gasteiger partial charge in [-0.3, -0.25) is 10.1 Å². The van der Waals surface area contributed by atoms with E-state index in [4.69, 9.17) is 0 Å². The number of benzene rings is 1. The largest absolute Gasteiger partial charge is 0.411 e. The van der Waals surface area contributed by atoms with E-state index in [2.05, 4.69) is 10.6 Å². The zero-order valence-electron chi connectivity index (χ0n) is 11.5. The molecule has 0 unspecified atom stereocenters. The van der Waals surface area contributed by atoms with Crippen molar-refractivity contribution in [3.05, 3.63) is 28.3 Å². The minimum absolute atomic E-state index is 0.0692. The van der Waals surface area contributed by atoms with Crippen LogP contribution in [-0.2, 0) is 0 Å². The molecule has 0 radical (unpaired) electrons. The Labute approximate surface area is 119 Å². The predicted molar refractivity (Wildman–Crippen MR) is 73.5 cm³/mol. The third kappa shape index (κ3) is 3.03. The van der Waals surface area contributed by atoms with Crippen molar-refractivity contribution in [3.8, 4) is 0 Å². The Morgan fingerprint density at radius 2 is 1.95 bits per heavy atom. The van der Waals surface area contributed by atoms with Crippen LogP contribution in [0.15, 0.2) is 18.2 Å². The van der Waals surface area contributed by atoms with Gasteiger partial charge in [0.25, 0.3) is 0 Å². The molecular formula is C13H16F3N3O2. The minimum Gasteiger partial charge on any atom is -0.379 e. The SMILES string of the molecule is CCCNc1cccc(NC2(C(F)(F)F)CC2)c1[N+](=O)[O-].